The van der Waals surface area contributed by atoms with E-state index in [0.29, 0.717) is 28.2 Å². The number of alkyl halides is 2. The number of nitrogens with zero attached hydrogens (tertiary/aromatic N) is 2. The smallest absolute Gasteiger partial charge is 0.288 e. The predicted molar refractivity (Wildman–Crippen MR) is 142 cm³/mol. The second-order valence-electron chi connectivity index (χ2n) is 7.64. The van der Waals surface area contributed by atoms with E-state index in [1.165, 1.54) is 0 Å². The van der Waals surface area contributed by atoms with E-state index in [9.17, 15) is 8.78 Å². The van der Waals surface area contributed by atoms with E-state index in [2.05, 4.69) is 12.1 Å². The summed E-state index contributed by atoms with van der Waals surface area (Å²) >= 11 is 3.77. The largest absolute Gasteiger partial charge is 0.457 e. The molecule has 0 radical (unpaired) electrons. The number of hydrogen-bond acceptors (Lipinski definition) is 6. The van der Waals surface area contributed by atoms with Crippen molar-refractivity contribution >= 4 is 66.5 Å². The number of thiazole rings is 2. The van der Waals surface area contributed by atoms with Gasteiger partial charge in [-0.15, -0.1) is 22.7 Å². The number of hydrogen-bond donors (Lipinski definition) is 0. The van der Waals surface area contributed by atoms with E-state index in [1.807, 2.05) is 54.6 Å². The summed E-state index contributed by atoms with van der Waals surface area (Å²) in [6.45, 7) is 0. The predicted octanol–water partition coefficient (Wildman–Crippen LogP) is 9.07. The summed E-state index contributed by atoms with van der Waals surface area (Å²) in [4.78, 5) is 10.2. The van der Waals surface area contributed by atoms with Crippen LogP contribution in [-0.2, 0) is 0 Å². The molecular formula is C27H16F2N2OS3. The molecule has 6 rings (SSSR count). The van der Waals surface area contributed by atoms with Crippen molar-refractivity contribution in [3.8, 4) is 11.3 Å². The molecule has 0 saturated carbocycles. The Morgan fingerprint density at radius 1 is 0.771 bits per heavy atom. The summed E-state index contributed by atoms with van der Waals surface area (Å²) in [6.07, 6.45) is 1.97. The topological polar surface area (TPSA) is 38.9 Å². The number of fused-ring (bicyclic) bond motifs is 2. The first kappa shape index (κ1) is 22.2. The van der Waals surface area contributed by atoms with E-state index in [-0.39, 0.29) is 0 Å². The van der Waals surface area contributed by atoms with Gasteiger partial charge in [-0.3, -0.25) is 0 Å². The monoisotopic (exact) mass is 518 g/mol. The highest BCUT2D eigenvalue weighted by Gasteiger charge is 2.17. The Morgan fingerprint density at radius 3 is 1.94 bits per heavy atom. The lowest BCUT2D eigenvalue weighted by Gasteiger charge is -2.02. The maximum Gasteiger partial charge on any atom is 0.288 e. The highest BCUT2D eigenvalue weighted by atomic mass is 32.2. The number of aromatic nitrogens is 2. The SMILES string of the molecule is FC(F)Sc1ccc(-c2ccc(C=C(c3nc4ccccc4s3)c3nc4ccccc4s3)o2)cc1. The van der Waals surface area contributed by atoms with Gasteiger partial charge in [0.25, 0.3) is 5.76 Å². The second-order valence-corrected chi connectivity index (χ2v) is 10.8. The minimum absolute atomic E-state index is 0.518. The Bertz CT molecular complexity index is 1520. The van der Waals surface area contributed by atoms with Crippen molar-refractivity contribution in [1.29, 1.82) is 0 Å². The first-order valence-electron chi connectivity index (χ1n) is 10.7. The molecule has 0 N–H and O–H groups in total. The van der Waals surface area contributed by atoms with Gasteiger partial charge in [-0.05, 0) is 54.6 Å². The zero-order valence-corrected chi connectivity index (χ0v) is 20.5. The molecule has 0 amide bonds. The van der Waals surface area contributed by atoms with Crippen LogP contribution in [-0.4, -0.2) is 15.7 Å². The Hall–Kier alpha value is -3.33. The van der Waals surface area contributed by atoms with Gasteiger partial charge >= 0.3 is 0 Å². The maximum absolute atomic E-state index is 12.6. The van der Waals surface area contributed by atoms with Crippen molar-refractivity contribution in [3.63, 3.8) is 0 Å². The van der Waals surface area contributed by atoms with Crippen LogP contribution in [0.5, 0.6) is 0 Å². The minimum Gasteiger partial charge on any atom is -0.457 e. The fourth-order valence-corrected chi connectivity index (χ4v) is 6.25. The van der Waals surface area contributed by atoms with E-state index >= 15 is 0 Å². The number of para-hydroxylation sites is 2. The van der Waals surface area contributed by atoms with Crippen LogP contribution in [0.3, 0.4) is 0 Å². The fourth-order valence-electron chi connectivity index (χ4n) is 3.72. The molecule has 0 aliphatic heterocycles. The summed E-state index contributed by atoms with van der Waals surface area (Å²) in [7, 11) is 0. The molecule has 3 aromatic carbocycles. The molecular weight excluding hydrogens is 503 g/mol. The van der Waals surface area contributed by atoms with Crippen LogP contribution in [0, 0.1) is 0 Å². The fraction of sp³-hybridized carbons (Fsp3) is 0.0370. The number of benzene rings is 3. The summed E-state index contributed by atoms with van der Waals surface area (Å²) in [5.41, 5.74) is 3.62. The molecule has 3 heterocycles. The van der Waals surface area contributed by atoms with E-state index in [1.54, 1.807) is 46.9 Å². The zero-order chi connectivity index (χ0) is 23.8. The molecule has 0 aliphatic rings. The molecule has 3 aromatic heterocycles. The third-order valence-corrected chi connectivity index (χ3v) is 8.19. The van der Waals surface area contributed by atoms with Crippen molar-refractivity contribution in [1.82, 2.24) is 9.97 Å². The lowest BCUT2D eigenvalue weighted by Crippen LogP contribution is -1.86. The number of halogens is 2. The molecule has 8 heteroatoms. The molecule has 172 valence electrons. The molecule has 0 atom stereocenters. The third-order valence-electron chi connectivity index (χ3n) is 5.33. The Labute approximate surface area is 211 Å². The zero-order valence-electron chi connectivity index (χ0n) is 18.0. The number of thioether (sulfide) groups is 1. The summed E-state index contributed by atoms with van der Waals surface area (Å²) in [6, 6.07) is 26.8. The normalized spacial score (nSPS) is 11.5. The van der Waals surface area contributed by atoms with E-state index in [0.717, 1.165) is 41.6 Å². The van der Waals surface area contributed by atoms with Gasteiger partial charge in [-0.25, -0.2) is 9.97 Å². The Balaban J connectivity index is 1.41. The summed E-state index contributed by atoms with van der Waals surface area (Å²) in [5, 5.41) is 1.74. The van der Waals surface area contributed by atoms with Crippen LogP contribution < -0.4 is 0 Å². The quantitative estimate of drug-likeness (QED) is 0.206. The van der Waals surface area contributed by atoms with Crippen molar-refractivity contribution in [2.24, 2.45) is 0 Å². The molecule has 0 fully saturated rings. The van der Waals surface area contributed by atoms with Crippen molar-refractivity contribution in [2.75, 3.05) is 0 Å². The minimum atomic E-state index is -2.44. The van der Waals surface area contributed by atoms with Crippen LogP contribution in [0.4, 0.5) is 8.78 Å². The van der Waals surface area contributed by atoms with Gasteiger partial charge in [-0.1, -0.05) is 48.2 Å². The highest BCUT2D eigenvalue weighted by molar-refractivity contribution is 7.99. The van der Waals surface area contributed by atoms with Crippen LogP contribution >= 0.6 is 34.4 Å². The lowest BCUT2D eigenvalue weighted by atomic mass is 10.2. The first-order chi connectivity index (χ1) is 17.1. The van der Waals surface area contributed by atoms with Crippen LogP contribution in [0.1, 0.15) is 15.8 Å². The Morgan fingerprint density at radius 2 is 1.37 bits per heavy atom. The molecule has 0 bridgehead atoms. The number of furan rings is 1. The van der Waals surface area contributed by atoms with E-state index < -0.39 is 5.76 Å². The molecule has 3 nitrogen and oxygen atoms in total. The Kier molecular flexibility index (Phi) is 5.93. The highest BCUT2D eigenvalue weighted by Crippen LogP contribution is 2.37. The average molecular weight is 519 g/mol. The van der Waals surface area contributed by atoms with Crippen LogP contribution in [0.2, 0.25) is 0 Å². The van der Waals surface area contributed by atoms with Crippen molar-refractivity contribution < 1.29 is 13.2 Å². The standard InChI is InChI=1S/C27H16F2N2OS3/c28-27(29)33-18-12-9-16(10-13-18)22-14-11-17(32-22)15-19(25-30-20-5-1-3-7-23(20)34-25)26-31-21-6-2-4-8-24(21)35-26/h1-15,27H. The molecule has 0 saturated heterocycles. The van der Waals surface area contributed by atoms with Crippen LogP contribution in [0.25, 0.3) is 43.4 Å². The van der Waals surface area contributed by atoms with Gasteiger partial charge in [0.15, 0.2) is 0 Å². The van der Waals surface area contributed by atoms with Gasteiger partial charge in [0.2, 0.25) is 0 Å². The van der Waals surface area contributed by atoms with Gasteiger partial charge in [0.1, 0.15) is 21.5 Å². The van der Waals surface area contributed by atoms with Crippen molar-refractivity contribution in [3.05, 3.63) is 101 Å². The third kappa shape index (κ3) is 4.65. The average Bonchev–Trinajstić information content (AvgIpc) is 3.60. The van der Waals surface area contributed by atoms with Crippen LogP contribution in [0.15, 0.2) is 94.2 Å². The van der Waals surface area contributed by atoms with Crippen molar-refractivity contribution in [2.45, 2.75) is 10.7 Å². The second kappa shape index (κ2) is 9.37. The molecule has 35 heavy (non-hydrogen) atoms. The lowest BCUT2D eigenvalue weighted by molar-refractivity contribution is 0.252. The molecule has 6 aromatic rings. The van der Waals surface area contributed by atoms with E-state index in [4.69, 9.17) is 14.4 Å². The summed E-state index contributed by atoms with van der Waals surface area (Å²) in [5.74, 6) is -1.11. The first-order valence-corrected chi connectivity index (χ1v) is 13.2. The molecule has 0 spiro atoms. The van der Waals surface area contributed by atoms with Gasteiger partial charge < -0.3 is 4.42 Å². The number of rotatable bonds is 6. The molecule has 0 aliphatic carbocycles. The summed E-state index contributed by atoms with van der Waals surface area (Å²) < 4.78 is 33.6. The van der Waals surface area contributed by atoms with Gasteiger partial charge in [0.05, 0.1) is 26.0 Å². The molecule has 0 unspecified atom stereocenters. The maximum atomic E-state index is 12.6. The van der Waals surface area contributed by atoms with Gasteiger partial charge in [0, 0.05) is 10.5 Å². The van der Waals surface area contributed by atoms with Gasteiger partial charge in [-0.2, -0.15) is 8.78 Å².